The average molecular weight is 321 g/mol. The number of nitrogens with zero attached hydrogens (tertiary/aromatic N) is 2. The second kappa shape index (κ2) is 4.93. The van der Waals surface area contributed by atoms with E-state index in [1.807, 2.05) is 0 Å². The molecule has 0 aliphatic rings. The van der Waals surface area contributed by atoms with Gasteiger partial charge >= 0.3 is 0 Å². The van der Waals surface area contributed by atoms with Crippen LogP contribution in [0.4, 0.5) is 5.82 Å². The second-order valence-corrected chi connectivity index (χ2v) is 6.86. The summed E-state index contributed by atoms with van der Waals surface area (Å²) in [5.74, 6) is -0.611. The van der Waals surface area contributed by atoms with E-state index in [4.69, 9.17) is 16.7 Å². The van der Waals surface area contributed by atoms with Crippen molar-refractivity contribution in [3.05, 3.63) is 27.5 Å². The molecule has 102 valence electrons. The lowest BCUT2D eigenvalue weighted by molar-refractivity contribution is 0.103. The minimum atomic E-state index is -3.96. The fraction of sp³-hybridized carbons (Fsp3) is 0.111. The molecule has 0 unspecified atom stereocenters. The minimum Gasteiger partial charge on any atom is -0.303 e. The van der Waals surface area contributed by atoms with Gasteiger partial charge in [0.05, 0.1) is 9.21 Å². The van der Waals surface area contributed by atoms with Crippen LogP contribution in [0.3, 0.4) is 0 Å². The Morgan fingerprint density at radius 1 is 1.53 bits per heavy atom. The molecule has 0 bridgehead atoms. The van der Waals surface area contributed by atoms with Gasteiger partial charge in [-0.2, -0.15) is 5.10 Å². The van der Waals surface area contributed by atoms with E-state index in [0.717, 1.165) is 11.3 Å². The third-order valence-electron chi connectivity index (χ3n) is 2.13. The van der Waals surface area contributed by atoms with Gasteiger partial charge in [-0.1, -0.05) is 11.6 Å². The van der Waals surface area contributed by atoms with Crippen molar-refractivity contribution in [3.63, 3.8) is 0 Å². The van der Waals surface area contributed by atoms with Gasteiger partial charge < -0.3 is 5.32 Å². The number of primary sulfonamides is 1. The normalized spacial score (nSPS) is 11.5. The third kappa shape index (κ3) is 3.13. The Hall–Kier alpha value is -1.42. The number of carbonyl (C=O) groups is 1. The van der Waals surface area contributed by atoms with Gasteiger partial charge in [0, 0.05) is 13.2 Å². The molecule has 3 N–H and O–H groups in total. The van der Waals surface area contributed by atoms with E-state index in [9.17, 15) is 13.2 Å². The highest BCUT2D eigenvalue weighted by atomic mass is 35.5. The smallest absolute Gasteiger partial charge is 0.267 e. The third-order valence-corrected chi connectivity index (χ3v) is 4.27. The molecule has 0 saturated carbocycles. The fourth-order valence-corrected chi connectivity index (χ4v) is 2.97. The van der Waals surface area contributed by atoms with Crippen molar-refractivity contribution in [3.8, 4) is 0 Å². The Labute approximate surface area is 118 Å². The minimum absolute atomic E-state index is 0.112. The molecule has 19 heavy (non-hydrogen) atoms. The lowest BCUT2D eigenvalue weighted by atomic mass is 10.4. The van der Waals surface area contributed by atoms with E-state index < -0.39 is 15.9 Å². The van der Waals surface area contributed by atoms with E-state index in [0.29, 0.717) is 9.21 Å². The lowest BCUT2D eigenvalue weighted by Gasteiger charge is -2.01. The summed E-state index contributed by atoms with van der Waals surface area (Å²) in [7, 11) is -2.44. The molecular formula is C9H9ClN4O3S2. The number of rotatable bonds is 3. The molecule has 1 amide bonds. The number of anilines is 1. The highest BCUT2D eigenvalue weighted by Gasteiger charge is 2.20. The Balaban J connectivity index is 2.32. The molecule has 0 spiro atoms. The van der Waals surface area contributed by atoms with Crippen molar-refractivity contribution in [2.24, 2.45) is 12.2 Å². The van der Waals surface area contributed by atoms with Crippen LogP contribution in [0.25, 0.3) is 0 Å². The maximum Gasteiger partial charge on any atom is 0.267 e. The van der Waals surface area contributed by atoms with Gasteiger partial charge in [0.15, 0.2) is 5.82 Å². The van der Waals surface area contributed by atoms with Gasteiger partial charge in [0.2, 0.25) is 10.0 Å². The van der Waals surface area contributed by atoms with Crippen molar-refractivity contribution < 1.29 is 13.2 Å². The molecular weight excluding hydrogens is 312 g/mol. The molecule has 2 rings (SSSR count). The standard InChI is InChI=1S/C9H9ClN4O3S2/c1-14-4-6(19(11,16)17)8(13-14)12-9(15)5-2-3-7(10)18-5/h2-4H,1H3,(H2,11,16,17)(H,12,13,15). The zero-order chi connectivity index (χ0) is 14.2. The summed E-state index contributed by atoms with van der Waals surface area (Å²) in [4.78, 5) is 12.0. The van der Waals surface area contributed by atoms with E-state index in [1.165, 1.54) is 24.0 Å². The van der Waals surface area contributed by atoms with Crippen molar-refractivity contribution in [2.75, 3.05) is 5.32 Å². The maximum atomic E-state index is 11.9. The van der Waals surface area contributed by atoms with Crippen LogP contribution in [-0.2, 0) is 17.1 Å². The van der Waals surface area contributed by atoms with Crippen LogP contribution in [0.1, 0.15) is 9.67 Å². The number of sulfonamides is 1. The Morgan fingerprint density at radius 3 is 2.74 bits per heavy atom. The summed E-state index contributed by atoms with van der Waals surface area (Å²) in [6.07, 6.45) is 1.21. The number of hydrogen-bond acceptors (Lipinski definition) is 5. The molecule has 2 aromatic heterocycles. The average Bonchev–Trinajstić information content (AvgIpc) is 2.84. The second-order valence-electron chi connectivity index (χ2n) is 3.62. The van der Waals surface area contributed by atoms with Crippen LogP contribution in [-0.4, -0.2) is 24.1 Å². The molecule has 0 aliphatic carbocycles. The summed E-state index contributed by atoms with van der Waals surface area (Å²) in [5, 5.41) is 11.3. The van der Waals surface area contributed by atoms with Crippen molar-refractivity contribution in [2.45, 2.75) is 4.90 Å². The van der Waals surface area contributed by atoms with Crippen LogP contribution < -0.4 is 10.5 Å². The number of nitrogens with one attached hydrogen (secondary N) is 1. The highest BCUT2D eigenvalue weighted by Crippen LogP contribution is 2.23. The lowest BCUT2D eigenvalue weighted by Crippen LogP contribution is -2.17. The molecule has 0 aromatic carbocycles. The Morgan fingerprint density at radius 2 is 2.21 bits per heavy atom. The number of hydrogen-bond donors (Lipinski definition) is 2. The van der Waals surface area contributed by atoms with Crippen LogP contribution in [0.5, 0.6) is 0 Å². The van der Waals surface area contributed by atoms with E-state index in [2.05, 4.69) is 10.4 Å². The van der Waals surface area contributed by atoms with Gasteiger partial charge in [0.1, 0.15) is 4.90 Å². The van der Waals surface area contributed by atoms with Crippen LogP contribution in [0, 0.1) is 0 Å². The molecule has 2 aromatic rings. The maximum absolute atomic E-state index is 11.9. The number of carbonyl (C=O) groups excluding carboxylic acids is 1. The first-order valence-electron chi connectivity index (χ1n) is 4.90. The summed E-state index contributed by atoms with van der Waals surface area (Å²) in [6, 6.07) is 3.10. The van der Waals surface area contributed by atoms with Crippen LogP contribution in [0.2, 0.25) is 4.34 Å². The predicted octanol–water partition coefficient (Wildman–Crippen LogP) is 1.03. The van der Waals surface area contributed by atoms with Crippen molar-refractivity contribution >= 4 is 44.7 Å². The number of amides is 1. The summed E-state index contributed by atoms with van der Waals surface area (Å²) >= 11 is 6.79. The summed E-state index contributed by atoms with van der Waals surface area (Å²) in [6.45, 7) is 0. The first-order valence-corrected chi connectivity index (χ1v) is 7.64. The number of halogens is 1. The Bertz CT molecular complexity index is 734. The quantitative estimate of drug-likeness (QED) is 0.880. The molecule has 2 heterocycles. The molecule has 0 atom stereocenters. The van der Waals surface area contributed by atoms with Gasteiger partial charge in [0.25, 0.3) is 5.91 Å². The zero-order valence-corrected chi connectivity index (χ0v) is 12.0. The first kappa shape index (κ1) is 14.0. The molecule has 10 heteroatoms. The van der Waals surface area contributed by atoms with Crippen molar-refractivity contribution in [1.82, 2.24) is 9.78 Å². The largest absolute Gasteiger partial charge is 0.303 e. The van der Waals surface area contributed by atoms with Gasteiger partial charge in [-0.3, -0.25) is 9.48 Å². The van der Waals surface area contributed by atoms with Gasteiger partial charge in [-0.05, 0) is 12.1 Å². The molecule has 0 radical (unpaired) electrons. The van der Waals surface area contributed by atoms with E-state index >= 15 is 0 Å². The highest BCUT2D eigenvalue weighted by molar-refractivity contribution is 7.89. The topological polar surface area (TPSA) is 107 Å². The fourth-order valence-electron chi connectivity index (χ4n) is 1.37. The number of thiophene rings is 1. The molecule has 0 fully saturated rings. The number of aromatic nitrogens is 2. The monoisotopic (exact) mass is 320 g/mol. The number of aryl methyl sites for hydroxylation is 1. The van der Waals surface area contributed by atoms with E-state index in [-0.39, 0.29) is 10.7 Å². The zero-order valence-electron chi connectivity index (χ0n) is 9.62. The SMILES string of the molecule is Cn1cc(S(N)(=O)=O)c(NC(=O)c2ccc(Cl)s2)n1. The van der Waals surface area contributed by atoms with Crippen LogP contribution >= 0.6 is 22.9 Å². The van der Waals surface area contributed by atoms with Gasteiger partial charge in [-0.25, -0.2) is 13.6 Å². The molecule has 7 nitrogen and oxygen atoms in total. The summed E-state index contributed by atoms with van der Waals surface area (Å²) < 4.78 is 24.4. The molecule has 0 saturated heterocycles. The number of nitrogens with two attached hydrogens (primary N) is 1. The predicted molar refractivity (Wildman–Crippen MR) is 71.9 cm³/mol. The first-order chi connectivity index (χ1) is 8.77. The summed E-state index contributed by atoms with van der Waals surface area (Å²) in [5.41, 5.74) is 0. The van der Waals surface area contributed by atoms with E-state index in [1.54, 1.807) is 6.07 Å². The van der Waals surface area contributed by atoms with Gasteiger partial charge in [-0.15, -0.1) is 11.3 Å². The Kier molecular flexibility index (Phi) is 3.63. The van der Waals surface area contributed by atoms with Crippen LogP contribution in [0.15, 0.2) is 23.2 Å². The van der Waals surface area contributed by atoms with Crippen molar-refractivity contribution in [1.29, 1.82) is 0 Å². The molecule has 0 aliphatic heterocycles.